The van der Waals surface area contributed by atoms with Gasteiger partial charge < -0.3 is 10.0 Å². The van der Waals surface area contributed by atoms with E-state index in [-0.39, 0.29) is 23.6 Å². The quantitative estimate of drug-likeness (QED) is 0.611. The molecule has 2 rings (SSSR count). The van der Waals surface area contributed by atoms with Gasteiger partial charge in [0.25, 0.3) is 0 Å². The Morgan fingerprint density at radius 1 is 1.65 bits per heavy atom. The lowest BCUT2D eigenvalue weighted by Crippen LogP contribution is -2.32. The van der Waals surface area contributed by atoms with Gasteiger partial charge in [-0.1, -0.05) is 0 Å². The smallest absolute Gasteiger partial charge is 0.323 e. The van der Waals surface area contributed by atoms with Crippen molar-refractivity contribution in [2.45, 2.75) is 12.8 Å². The van der Waals surface area contributed by atoms with Gasteiger partial charge in [-0.2, -0.15) is 5.26 Å². The Morgan fingerprint density at radius 2 is 2.35 bits per heavy atom. The van der Waals surface area contributed by atoms with Crippen LogP contribution < -0.4 is 4.90 Å². The molecule has 0 saturated heterocycles. The number of carboxylic acids is 1. The second-order valence-corrected chi connectivity index (χ2v) is 4.65. The normalized spacial score (nSPS) is 13.6. The van der Waals surface area contributed by atoms with Gasteiger partial charge in [0, 0.05) is 18.8 Å². The summed E-state index contributed by atoms with van der Waals surface area (Å²) < 4.78 is 0. The average molecular weight is 276 g/mol. The largest absolute Gasteiger partial charge is 0.480 e. The van der Waals surface area contributed by atoms with Crippen molar-refractivity contribution < 1.29 is 14.8 Å². The number of pyridine rings is 1. The van der Waals surface area contributed by atoms with Crippen LogP contribution in [0.2, 0.25) is 0 Å². The van der Waals surface area contributed by atoms with Gasteiger partial charge in [-0.05, 0) is 18.8 Å². The molecule has 0 amide bonds. The van der Waals surface area contributed by atoms with Crippen LogP contribution in [-0.4, -0.2) is 34.1 Å². The van der Waals surface area contributed by atoms with Crippen LogP contribution in [0.15, 0.2) is 12.3 Å². The minimum atomic E-state index is -1.08. The molecule has 1 heterocycles. The van der Waals surface area contributed by atoms with Crippen LogP contribution >= 0.6 is 0 Å². The van der Waals surface area contributed by atoms with Crippen LogP contribution in [0.25, 0.3) is 0 Å². The first kappa shape index (κ1) is 13.7. The molecule has 20 heavy (non-hydrogen) atoms. The maximum absolute atomic E-state index is 11.1. The van der Waals surface area contributed by atoms with Gasteiger partial charge in [-0.3, -0.25) is 14.9 Å². The highest BCUT2D eigenvalue weighted by Crippen LogP contribution is 2.33. The molecule has 1 aromatic rings. The van der Waals surface area contributed by atoms with E-state index in [1.807, 2.05) is 0 Å². The Balaban J connectivity index is 2.37. The molecule has 0 radical (unpaired) electrons. The molecule has 0 aromatic carbocycles. The van der Waals surface area contributed by atoms with Crippen molar-refractivity contribution in [2.75, 3.05) is 18.0 Å². The first-order valence-electron chi connectivity index (χ1n) is 6.02. The molecule has 1 aromatic heterocycles. The van der Waals surface area contributed by atoms with E-state index in [1.54, 1.807) is 6.07 Å². The molecule has 8 heteroatoms. The summed E-state index contributed by atoms with van der Waals surface area (Å²) in [6, 6.07) is 2.90. The SMILES string of the molecule is N#Cc1cnc(N(CC(=O)O)CC2CC2)c([N+](=O)[O-])c1. The van der Waals surface area contributed by atoms with Crippen LogP contribution in [0.3, 0.4) is 0 Å². The lowest BCUT2D eigenvalue weighted by Gasteiger charge is -2.21. The number of hydrogen-bond acceptors (Lipinski definition) is 6. The Kier molecular flexibility index (Phi) is 3.79. The number of hydrogen-bond donors (Lipinski definition) is 1. The van der Waals surface area contributed by atoms with E-state index in [4.69, 9.17) is 10.4 Å². The van der Waals surface area contributed by atoms with Gasteiger partial charge in [0.1, 0.15) is 12.6 Å². The zero-order chi connectivity index (χ0) is 14.7. The first-order chi connectivity index (χ1) is 9.51. The summed E-state index contributed by atoms with van der Waals surface area (Å²) in [5.74, 6) is -0.721. The Labute approximate surface area is 114 Å². The summed E-state index contributed by atoms with van der Waals surface area (Å²) in [5, 5.41) is 28.7. The van der Waals surface area contributed by atoms with Crippen LogP contribution in [0.5, 0.6) is 0 Å². The number of nitriles is 1. The molecule has 0 atom stereocenters. The maximum atomic E-state index is 11.1. The van der Waals surface area contributed by atoms with Gasteiger partial charge in [0.15, 0.2) is 0 Å². The summed E-state index contributed by atoms with van der Waals surface area (Å²) in [7, 11) is 0. The van der Waals surface area contributed by atoms with Crippen LogP contribution in [0, 0.1) is 27.4 Å². The Morgan fingerprint density at radius 3 is 2.85 bits per heavy atom. The van der Waals surface area contributed by atoms with E-state index in [1.165, 1.54) is 11.1 Å². The maximum Gasteiger partial charge on any atom is 0.323 e. The summed E-state index contributed by atoms with van der Waals surface area (Å²) in [6.07, 6.45) is 3.18. The van der Waals surface area contributed by atoms with Crippen molar-refractivity contribution in [2.24, 2.45) is 5.92 Å². The molecule has 0 aliphatic heterocycles. The fourth-order valence-electron chi connectivity index (χ4n) is 1.89. The van der Waals surface area contributed by atoms with Crippen LogP contribution in [0.4, 0.5) is 11.5 Å². The van der Waals surface area contributed by atoms with Crippen molar-refractivity contribution in [1.29, 1.82) is 5.26 Å². The van der Waals surface area contributed by atoms with E-state index in [9.17, 15) is 14.9 Å². The molecule has 1 saturated carbocycles. The number of carbonyl (C=O) groups is 1. The van der Waals surface area contributed by atoms with E-state index >= 15 is 0 Å². The summed E-state index contributed by atoms with van der Waals surface area (Å²) in [6.45, 7) is 0.0717. The van der Waals surface area contributed by atoms with Crippen molar-refractivity contribution in [3.8, 4) is 6.07 Å². The third-order valence-electron chi connectivity index (χ3n) is 2.97. The molecule has 0 unspecified atom stereocenters. The lowest BCUT2D eigenvalue weighted by atomic mass is 10.2. The molecular formula is C12H12N4O4. The predicted octanol–water partition coefficient (Wildman–Crippen LogP) is 1.16. The van der Waals surface area contributed by atoms with Crippen molar-refractivity contribution in [1.82, 2.24) is 4.98 Å². The predicted molar refractivity (Wildman–Crippen MR) is 68.2 cm³/mol. The van der Waals surface area contributed by atoms with Crippen molar-refractivity contribution >= 4 is 17.5 Å². The van der Waals surface area contributed by atoms with Crippen molar-refractivity contribution in [3.63, 3.8) is 0 Å². The summed E-state index contributed by atoms with van der Waals surface area (Å²) in [4.78, 5) is 26.6. The number of anilines is 1. The molecule has 1 aliphatic carbocycles. The van der Waals surface area contributed by atoms with Crippen molar-refractivity contribution in [3.05, 3.63) is 27.9 Å². The third-order valence-corrected chi connectivity index (χ3v) is 2.97. The summed E-state index contributed by atoms with van der Waals surface area (Å²) in [5.41, 5.74) is -0.270. The highest BCUT2D eigenvalue weighted by atomic mass is 16.6. The Bertz CT molecular complexity index is 592. The van der Waals surface area contributed by atoms with E-state index in [0.717, 1.165) is 18.9 Å². The van der Waals surface area contributed by atoms with E-state index < -0.39 is 10.9 Å². The molecule has 104 valence electrons. The lowest BCUT2D eigenvalue weighted by molar-refractivity contribution is -0.384. The molecule has 0 spiro atoms. The zero-order valence-electron chi connectivity index (χ0n) is 10.5. The number of rotatable bonds is 6. The standard InChI is InChI=1S/C12H12N4O4/c13-4-9-3-10(16(19)20)12(14-5-9)15(7-11(17)18)6-8-1-2-8/h3,5,8H,1-2,6-7H2,(H,17,18). The van der Waals surface area contributed by atoms with Gasteiger partial charge in [-0.15, -0.1) is 0 Å². The fraction of sp³-hybridized carbons (Fsp3) is 0.417. The topological polar surface area (TPSA) is 120 Å². The first-order valence-corrected chi connectivity index (χ1v) is 6.02. The van der Waals surface area contributed by atoms with Crippen LogP contribution in [0.1, 0.15) is 18.4 Å². The number of aromatic nitrogens is 1. The second kappa shape index (κ2) is 5.52. The van der Waals surface area contributed by atoms with Gasteiger partial charge in [0.2, 0.25) is 5.82 Å². The number of carboxylic acid groups (broad SMARTS) is 1. The van der Waals surface area contributed by atoms with E-state index in [2.05, 4.69) is 4.98 Å². The van der Waals surface area contributed by atoms with Gasteiger partial charge >= 0.3 is 11.7 Å². The highest BCUT2D eigenvalue weighted by molar-refractivity contribution is 5.75. The Hall–Kier alpha value is -2.69. The minimum Gasteiger partial charge on any atom is -0.480 e. The monoisotopic (exact) mass is 276 g/mol. The summed E-state index contributed by atoms with van der Waals surface area (Å²) >= 11 is 0. The molecule has 1 fully saturated rings. The number of nitrogens with zero attached hydrogens (tertiary/aromatic N) is 4. The molecule has 8 nitrogen and oxygen atoms in total. The zero-order valence-corrected chi connectivity index (χ0v) is 10.5. The molecule has 0 bridgehead atoms. The number of nitro groups is 1. The van der Waals surface area contributed by atoms with Gasteiger partial charge in [-0.25, -0.2) is 4.98 Å². The molecular weight excluding hydrogens is 264 g/mol. The van der Waals surface area contributed by atoms with Gasteiger partial charge in [0.05, 0.1) is 10.5 Å². The fourth-order valence-corrected chi connectivity index (χ4v) is 1.89. The van der Waals surface area contributed by atoms with Crippen LogP contribution in [-0.2, 0) is 4.79 Å². The minimum absolute atomic E-state index is 0.00306. The highest BCUT2D eigenvalue weighted by Gasteiger charge is 2.30. The third kappa shape index (κ3) is 3.20. The average Bonchev–Trinajstić information content (AvgIpc) is 3.20. The molecule has 1 aliphatic rings. The molecule has 1 N–H and O–H groups in total. The second-order valence-electron chi connectivity index (χ2n) is 4.65. The van der Waals surface area contributed by atoms with E-state index in [0.29, 0.717) is 12.5 Å². The number of aliphatic carboxylic acids is 1.